The molecule has 3 rings (SSSR count). The molecule has 0 saturated heterocycles. The molecule has 1 fully saturated rings. The number of aryl methyl sites for hydroxylation is 1. The summed E-state index contributed by atoms with van der Waals surface area (Å²) in [6, 6.07) is 7.67. The van der Waals surface area contributed by atoms with Crippen LogP contribution in [0, 0.1) is 6.92 Å². The van der Waals surface area contributed by atoms with Crippen molar-refractivity contribution in [2.24, 2.45) is 0 Å². The van der Waals surface area contributed by atoms with Gasteiger partial charge in [0.05, 0.1) is 11.4 Å². The zero-order valence-corrected chi connectivity index (χ0v) is 11.2. The van der Waals surface area contributed by atoms with Gasteiger partial charge in [0.1, 0.15) is 10.7 Å². The third kappa shape index (κ3) is 2.12. The molecule has 19 heavy (non-hydrogen) atoms. The second-order valence-corrected chi connectivity index (χ2v) is 5.24. The quantitative estimate of drug-likeness (QED) is 0.935. The molecule has 1 aliphatic rings. The number of carboxylic acids is 1. The van der Waals surface area contributed by atoms with Crippen LogP contribution >= 0.6 is 11.6 Å². The van der Waals surface area contributed by atoms with Crippen LogP contribution in [0.1, 0.15) is 40.4 Å². The van der Waals surface area contributed by atoms with Crippen molar-refractivity contribution >= 4 is 17.6 Å². The molecule has 0 bridgehead atoms. The van der Waals surface area contributed by atoms with Crippen molar-refractivity contribution in [1.82, 2.24) is 9.78 Å². The highest BCUT2D eigenvalue weighted by Gasteiger charge is 2.34. The normalized spacial score (nSPS) is 14.6. The van der Waals surface area contributed by atoms with Crippen LogP contribution in [0.3, 0.4) is 0 Å². The summed E-state index contributed by atoms with van der Waals surface area (Å²) >= 11 is 6.19. The molecule has 1 heterocycles. The molecule has 1 aromatic heterocycles. The standard InChI is InChI=1S/C14H13ClN2O2/c1-8-2-6-10(7-3-8)17-13(15)11(14(18)19)12(16-17)9-4-5-9/h2-3,6-7,9H,4-5H2,1H3,(H,18,19). The van der Waals surface area contributed by atoms with Gasteiger partial charge in [-0.3, -0.25) is 0 Å². The molecule has 0 aliphatic heterocycles. The highest BCUT2D eigenvalue weighted by molar-refractivity contribution is 6.33. The maximum Gasteiger partial charge on any atom is 0.340 e. The number of aromatic carboxylic acids is 1. The Morgan fingerprint density at radius 2 is 2.00 bits per heavy atom. The molecule has 1 aliphatic carbocycles. The Bertz CT molecular complexity index is 642. The van der Waals surface area contributed by atoms with Crippen molar-refractivity contribution in [2.75, 3.05) is 0 Å². The largest absolute Gasteiger partial charge is 0.478 e. The predicted octanol–water partition coefficient (Wildman–Crippen LogP) is 3.41. The Hall–Kier alpha value is -1.81. The van der Waals surface area contributed by atoms with Crippen LogP contribution in [0.4, 0.5) is 0 Å². The van der Waals surface area contributed by atoms with Gasteiger partial charge in [0.25, 0.3) is 0 Å². The van der Waals surface area contributed by atoms with Crippen LogP contribution in [0.2, 0.25) is 5.15 Å². The summed E-state index contributed by atoms with van der Waals surface area (Å²) in [5.74, 6) is -0.763. The van der Waals surface area contributed by atoms with Crippen molar-refractivity contribution in [1.29, 1.82) is 0 Å². The number of carboxylic acid groups (broad SMARTS) is 1. The van der Waals surface area contributed by atoms with Crippen molar-refractivity contribution in [3.63, 3.8) is 0 Å². The van der Waals surface area contributed by atoms with Gasteiger partial charge in [0.2, 0.25) is 0 Å². The van der Waals surface area contributed by atoms with E-state index in [0.717, 1.165) is 24.1 Å². The molecule has 2 aromatic rings. The first-order chi connectivity index (χ1) is 9.08. The molecule has 5 heteroatoms. The third-order valence-electron chi connectivity index (χ3n) is 3.31. The molecule has 0 amide bonds. The smallest absolute Gasteiger partial charge is 0.340 e. The maximum absolute atomic E-state index is 11.3. The number of aromatic nitrogens is 2. The molecule has 0 radical (unpaired) electrons. The van der Waals surface area contributed by atoms with Gasteiger partial charge in [-0.05, 0) is 31.9 Å². The van der Waals surface area contributed by atoms with Gasteiger partial charge < -0.3 is 5.11 Å². The van der Waals surface area contributed by atoms with Gasteiger partial charge in [0, 0.05) is 5.92 Å². The lowest BCUT2D eigenvalue weighted by atomic mass is 10.2. The summed E-state index contributed by atoms with van der Waals surface area (Å²) in [7, 11) is 0. The fraction of sp³-hybridized carbons (Fsp3) is 0.286. The SMILES string of the molecule is Cc1ccc(-n2nc(C3CC3)c(C(=O)O)c2Cl)cc1. The number of benzene rings is 1. The van der Waals surface area contributed by atoms with Crippen LogP contribution in [0.15, 0.2) is 24.3 Å². The van der Waals surface area contributed by atoms with E-state index in [1.54, 1.807) is 0 Å². The third-order valence-corrected chi connectivity index (χ3v) is 3.66. The van der Waals surface area contributed by atoms with E-state index in [0.29, 0.717) is 5.69 Å². The van der Waals surface area contributed by atoms with Crippen LogP contribution < -0.4 is 0 Å². The Labute approximate surface area is 115 Å². The Balaban J connectivity index is 2.14. The van der Waals surface area contributed by atoms with E-state index < -0.39 is 5.97 Å². The van der Waals surface area contributed by atoms with E-state index in [2.05, 4.69) is 5.10 Å². The zero-order chi connectivity index (χ0) is 13.6. The lowest BCUT2D eigenvalue weighted by Crippen LogP contribution is -2.00. The topological polar surface area (TPSA) is 55.1 Å². The zero-order valence-electron chi connectivity index (χ0n) is 10.4. The number of rotatable bonds is 3. The van der Waals surface area contributed by atoms with Gasteiger partial charge in [-0.15, -0.1) is 0 Å². The molecular formula is C14H13ClN2O2. The average molecular weight is 277 g/mol. The summed E-state index contributed by atoms with van der Waals surface area (Å²) in [6.07, 6.45) is 1.98. The fourth-order valence-corrected chi connectivity index (χ4v) is 2.42. The maximum atomic E-state index is 11.3. The number of halogens is 1. The van der Waals surface area contributed by atoms with Gasteiger partial charge in [-0.1, -0.05) is 29.3 Å². The van der Waals surface area contributed by atoms with Crippen molar-refractivity contribution in [3.05, 3.63) is 46.2 Å². The number of carbonyl (C=O) groups is 1. The fourth-order valence-electron chi connectivity index (χ4n) is 2.11. The molecule has 0 spiro atoms. The molecule has 1 aromatic carbocycles. The summed E-state index contributed by atoms with van der Waals surface area (Å²) in [4.78, 5) is 11.3. The Morgan fingerprint density at radius 3 is 2.53 bits per heavy atom. The lowest BCUT2D eigenvalue weighted by Gasteiger charge is -2.03. The minimum Gasteiger partial charge on any atom is -0.478 e. The molecule has 4 nitrogen and oxygen atoms in total. The minimum absolute atomic E-state index is 0.143. The summed E-state index contributed by atoms with van der Waals surface area (Å²) in [6.45, 7) is 1.99. The van der Waals surface area contributed by atoms with E-state index >= 15 is 0 Å². The van der Waals surface area contributed by atoms with Gasteiger partial charge in [0.15, 0.2) is 0 Å². The van der Waals surface area contributed by atoms with Gasteiger partial charge >= 0.3 is 5.97 Å². The first-order valence-corrected chi connectivity index (χ1v) is 6.54. The van der Waals surface area contributed by atoms with Crippen LogP contribution in [0.25, 0.3) is 5.69 Å². The second kappa shape index (κ2) is 4.38. The first kappa shape index (κ1) is 12.2. The molecule has 0 atom stereocenters. The lowest BCUT2D eigenvalue weighted by molar-refractivity contribution is 0.0696. The van der Waals surface area contributed by atoms with E-state index in [4.69, 9.17) is 11.6 Å². The van der Waals surface area contributed by atoms with E-state index in [9.17, 15) is 9.90 Å². The van der Waals surface area contributed by atoms with Gasteiger partial charge in [-0.25, -0.2) is 9.48 Å². The summed E-state index contributed by atoms with van der Waals surface area (Å²) in [5, 5.41) is 13.9. The van der Waals surface area contributed by atoms with Crippen LogP contribution in [-0.2, 0) is 0 Å². The van der Waals surface area contributed by atoms with Crippen molar-refractivity contribution in [2.45, 2.75) is 25.7 Å². The number of nitrogens with zero attached hydrogens (tertiary/aromatic N) is 2. The molecular weight excluding hydrogens is 264 g/mol. The highest BCUT2D eigenvalue weighted by Crippen LogP contribution is 2.43. The first-order valence-electron chi connectivity index (χ1n) is 6.16. The molecule has 0 unspecified atom stereocenters. The predicted molar refractivity (Wildman–Crippen MR) is 72.2 cm³/mol. The molecule has 98 valence electrons. The van der Waals surface area contributed by atoms with E-state index in [1.165, 1.54) is 4.68 Å². The Kier molecular flexibility index (Phi) is 2.82. The number of hydrogen-bond acceptors (Lipinski definition) is 2. The number of hydrogen-bond donors (Lipinski definition) is 1. The highest BCUT2D eigenvalue weighted by atomic mass is 35.5. The monoisotopic (exact) mass is 276 g/mol. The van der Waals surface area contributed by atoms with E-state index in [1.807, 2.05) is 31.2 Å². The average Bonchev–Trinajstić information content (AvgIpc) is 3.14. The van der Waals surface area contributed by atoms with Crippen molar-refractivity contribution in [3.8, 4) is 5.69 Å². The minimum atomic E-state index is -1.01. The van der Waals surface area contributed by atoms with E-state index in [-0.39, 0.29) is 16.6 Å². The Morgan fingerprint density at radius 1 is 1.37 bits per heavy atom. The van der Waals surface area contributed by atoms with Crippen LogP contribution in [0.5, 0.6) is 0 Å². The van der Waals surface area contributed by atoms with Crippen molar-refractivity contribution < 1.29 is 9.90 Å². The second-order valence-electron chi connectivity index (χ2n) is 4.88. The molecule has 1 saturated carbocycles. The van der Waals surface area contributed by atoms with Gasteiger partial charge in [-0.2, -0.15) is 5.10 Å². The summed E-state index contributed by atoms with van der Waals surface area (Å²) in [5.41, 5.74) is 2.67. The molecule has 1 N–H and O–H groups in total. The summed E-state index contributed by atoms with van der Waals surface area (Å²) < 4.78 is 1.51. The van der Waals surface area contributed by atoms with Crippen LogP contribution in [-0.4, -0.2) is 20.9 Å².